The van der Waals surface area contributed by atoms with E-state index in [0.717, 1.165) is 24.4 Å². The largest absolute Gasteiger partial charge is 0.337 e. The van der Waals surface area contributed by atoms with Crippen LogP contribution in [0.1, 0.15) is 66.6 Å². The average Bonchev–Trinajstić information content (AvgIpc) is 3.19. The van der Waals surface area contributed by atoms with E-state index >= 15 is 0 Å². The van der Waals surface area contributed by atoms with E-state index < -0.39 is 17.9 Å². The maximum Gasteiger partial charge on any atom is 0.291 e. The second-order valence-electron chi connectivity index (χ2n) is 8.91. The molecule has 1 unspecified atom stereocenters. The summed E-state index contributed by atoms with van der Waals surface area (Å²) in [6.45, 7) is 0.512. The SMILES string of the molecule is CN1C(=O)[C@@H](NC(=O)c2n[nH]c(CC3CCC(F)(F)C3)n2)CCn2nc(C3CC3)cc21. The van der Waals surface area contributed by atoms with Crippen LogP contribution in [0.4, 0.5) is 14.6 Å². The summed E-state index contributed by atoms with van der Waals surface area (Å²) in [5.74, 6) is -2.05. The van der Waals surface area contributed by atoms with Gasteiger partial charge in [-0.1, -0.05) is 0 Å². The lowest BCUT2D eigenvalue weighted by atomic mass is 10.0. The van der Waals surface area contributed by atoms with E-state index in [1.807, 2.05) is 10.7 Å². The van der Waals surface area contributed by atoms with Crippen molar-refractivity contribution >= 4 is 17.6 Å². The zero-order valence-corrected chi connectivity index (χ0v) is 17.3. The summed E-state index contributed by atoms with van der Waals surface area (Å²) >= 11 is 0. The monoisotopic (exact) mass is 433 g/mol. The number of likely N-dealkylation sites (N-methyl/N-ethyl adjacent to an activating group) is 1. The number of nitrogens with zero attached hydrogens (tertiary/aromatic N) is 5. The number of rotatable bonds is 5. The molecule has 31 heavy (non-hydrogen) atoms. The Balaban J connectivity index is 1.22. The number of alkyl halides is 2. The maximum absolute atomic E-state index is 13.4. The summed E-state index contributed by atoms with van der Waals surface area (Å²) in [6, 6.07) is 1.23. The lowest BCUT2D eigenvalue weighted by Crippen LogP contribution is -2.47. The molecule has 0 saturated heterocycles. The van der Waals surface area contributed by atoms with Gasteiger partial charge in [-0.2, -0.15) is 5.10 Å². The molecule has 0 radical (unpaired) electrons. The van der Waals surface area contributed by atoms with Gasteiger partial charge in [-0.25, -0.2) is 18.4 Å². The third-order valence-electron chi connectivity index (χ3n) is 6.40. The highest BCUT2D eigenvalue weighted by molar-refractivity contribution is 6.00. The highest BCUT2D eigenvalue weighted by Crippen LogP contribution is 2.41. The number of carbonyl (C=O) groups is 2. The molecule has 1 aliphatic heterocycles. The molecule has 0 aromatic carbocycles. The van der Waals surface area contributed by atoms with Gasteiger partial charge in [-0.3, -0.25) is 19.6 Å². The fraction of sp³-hybridized carbons (Fsp3) is 0.650. The van der Waals surface area contributed by atoms with E-state index in [-0.39, 0.29) is 30.5 Å². The molecule has 11 heteroatoms. The summed E-state index contributed by atoms with van der Waals surface area (Å²) in [6.07, 6.45) is 3.14. The van der Waals surface area contributed by atoms with Crippen LogP contribution in [0.25, 0.3) is 0 Å². The number of fused-ring (bicyclic) bond motifs is 1. The molecule has 5 rings (SSSR count). The quantitative estimate of drug-likeness (QED) is 0.750. The number of nitrogens with one attached hydrogen (secondary N) is 2. The maximum atomic E-state index is 13.4. The molecule has 2 amide bonds. The highest BCUT2D eigenvalue weighted by Gasteiger charge is 2.40. The summed E-state index contributed by atoms with van der Waals surface area (Å²) in [4.78, 5) is 31.2. The van der Waals surface area contributed by atoms with Gasteiger partial charge < -0.3 is 5.32 Å². The van der Waals surface area contributed by atoms with Crippen LogP contribution in [0.15, 0.2) is 6.07 Å². The first-order valence-electron chi connectivity index (χ1n) is 10.7. The first kappa shape index (κ1) is 20.1. The molecule has 2 saturated carbocycles. The molecule has 166 valence electrons. The highest BCUT2D eigenvalue weighted by atomic mass is 19.3. The Bertz CT molecular complexity index is 1010. The van der Waals surface area contributed by atoms with E-state index in [2.05, 4.69) is 25.6 Å². The molecular weight excluding hydrogens is 408 g/mol. The first-order valence-corrected chi connectivity index (χ1v) is 10.7. The van der Waals surface area contributed by atoms with Crippen LogP contribution in [0.3, 0.4) is 0 Å². The van der Waals surface area contributed by atoms with Gasteiger partial charge in [0.25, 0.3) is 11.8 Å². The molecule has 2 N–H and O–H groups in total. The summed E-state index contributed by atoms with van der Waals surface area (Å²) in [5, 5.41) is 13.9. The van der Waals surface area contributed by atoms with Crippen molar-refractivity contribution < 1.29 is 18.4 Å². The molecule has 3 heterocycles. The number of aromatic amines is 1. The van der Waals surface area contributed by atoms with Crippen LogP contribution in [0.5, 0.6) is 0 Å². The summed E-state index contributed by atoms with van der Waals surface area (Å²) in [7, 11) is 1.68. The fourth-order valence-electron chi connectivity index (χ4n) is 4.50. The predicted molar refractivity (Wildman–Crippen MR) is 106 cm³/mol. The van der Waals surface area contributed by atoms with Crippen molar-refractivity contribution in [2.45, 2.75) is 69.4 Å². The number of hydrogen-bond acceptors (Lipinski definition) is 5. The molecule has 3 aliphatic rings. The van der Waals surface area contributed by atoms with Gasteiger partial charge in [0.1, 0.15) is 17.7 Å². The van der Waals surface area contributed by atoms with Gasteiger partial charge in [0.05, 0.1) is 5.69 Å². The Kier molecular flexibility index (Phi) is 4.78. The average molecular weight is 433 g/mol. The minimum Gasteiger partial charge on any atom is -0.337 e. The van der Waals surface area contributed by atoms with Crippen molar-refractivity contribution in [2.24, 2.45) is 5.92 Å². The minimum atomic E-state index is -2.62. The first-order chi connectivity index (χ1) is 14.8. The van der Waals surface area contributed by atoms with Gasteiger partial charge in [0, 0.05) is 44.8 Å². The van der Waals surface area contributed by atoms with E-state index in [9.17, 15) is 18.4 Å². The zero-order valence-electron chi connectivity index (χ0n) is 17.3. The zero-order chi connectivity index (χ0) is 21.8. The number of hydrogen-bond donors (Lipinski definition) is 2. The van der Waals surface area contributed by atoms with E-state index in [1.54, 1.807) is 7.05 Å². The smallest absolute Gasteiger partial charge is 0.291 e. The third kappa shape index (κ3) is 4.05. The topological polar surface area (TPSA) is 109 Å². The number of anilines is 1. The number of carbonyl (C=O) groups excluding carboxylic acids is 2. The van der Waals surface area contributed by atoms with Gasteiger partial charge >= 0.3 is 0 Å². The molecule has 2 fully saturated rings. The van der Waals surface area contributed by atoms with Crippen molar-refractivity contribution in [3.8, 4) is 0 Å². The molecule has 9 nitrogen and oxygen atoms in total. The number of halogens is 2. The molecule has 0 bridgehead atoms. The number of amides is 2. The Labute approximate surface area is 177 Å². The number of aryl methyl sites for hydroxylation is 1. The summed E-state index contributed by atoms with van der Waals surface area (Å²) < 4.78 is 28.6. The van der Waals surface area contributed by atoms with Gasteiger partial charge in [-0.05, 0) is 31.6 Å². The molecule has 2 aromatic rings. The Hall–Kier alpha value is -2.85. The van der Waals surface area contributed by atoms with E-state index in [0.29, 0.717) is 37.5 Å². The Morgan fingerprint density at radius 3 is 2.84 bits per heavy atom. The van der Waals surface area contributed by atoms with Gasteiger partial charge in [-0.15, -0.1) is 5.10 Å². The van der Waals surface area contributed by atoms with Crippen LogP contribution in [-0.2, 0) is 17.8 Å². The molecule has 2 aromatic heterocycles. The van der Waals surface area contributed by atoms with Crippen molar-refractivity contribution in [2.75, 3.05) is 11.9 Å². The minimum absolute atomic E-state index is 0.0896. The lowest BCUT2D eigenvalue weighted by molar-refractivity contribution is -0.120. The Morgan fingerprint density at radius 1 is 1.32 bits per heavy atom. The molecular formula is C20H25F2N7O2. The van der Waals surface area contributed by atoms with E-state index in [4.69, 9.17) is 0 Å². The summed E-state index contributed by atoms with van der Waals surface area (Å²) in [5.41, 5.74) is 1.02. The number of aromatic nitrogens is 5. The van der Waals surface area contributed by atoms with Crippen LogP contribution in [0, 0.1) is 5.92 Å². The lowest BCUT2D eigenvalue weighted by Gasteiger charge is -2.19. The predicted octanol–water partition coefficient (Wildman–Crippen LogP) is 2.02. The molecule has 2 aliphatic carbocycles. The van der Waals surface area contributed by atoms with Crippen molar-refractivity contribution in [3.05, 3.63) is 23.4 Å². The fourth-order valence-corrected chi connectivity index (χ4v) is 4.50. The van der Waals surface area contributed by atoms with Crippen LogP contribution in [0.2, 0.25) is 0 Å². The Morgan fingerprint density at radius 2 is 2.13 bits per heavy atom. The normalized spacial score (nSPS) is 25.4. The second-order valence-corrected chi connectivity index (χ2v) is 8.91. The van der Waals surface area contributed by atoms with E-state index in [1.165, 1.54) is 4.90 Å². The van der Waals surface area contributed by atoms with Gasteiger partial charge in [0.15, 0.2) is 0 Å². The van der Waals surface area contributed by atoms with Crippen LogP contribution in [-0.4, -0.2) is 55.8 Å². The van der Waals surface area contributed by atoms with Crippen molar-refractivity contribution in [1.29, 1.82) is 0 Å². The van der Waals surface area contributed by atoms with Crippen LogP contribution >= 0.6 is 0 Å². The molecule has 0 spiro atoms. The van der Waals surface area contributed by atoms with Crippen LogP contribution < -0.4 is 10.2 Å². The number of H-pyrrole nitrogens is 1. The third-order valence-corrected chi connectivity index (χ3v) is 6.40. The van der Waals surface area contributed by atoms with Gasteiger partial charge in [0.2, 0.25) is 11.7 Å². The standard InChI is InChI=1S/C20H25F2N7O2/c1-28-16-9-14(12-2-3-12)27-29(16)7-5-13(19(28)31)23-18(30)17-24-15(25-26-17)8-11-4-6-20(21,22)10-11/h9,11-13H,2-8,10H2,1H3,(H,23,30)(H,24,25,26)/t11?,13-/m0/s1. The van der Waals surface area contributed by atoms with Crippen molar-refractivity contribution in [1.82, 2.24) is 30.3 Å². The van der Waals surface area contributed by atoms with Crippen molar-refractivity contribution in [3.63, 3.8) is 0 Å². The molecule has 2 atom stereocenters. The second kappa shape index (κ2) is 7.38.